The Morgan fingerprint density at radius 1 is 1.36 bits per heavy atom. The van der Waals surface area contributed by atoms with Crippen molar-refractivity contribution in [1.82, 2.24) is 4.90 Å². The van der Waals surface area contributed by atoms with Gasteiger partial charge in [0.1, 0.15) is 0 Å². The first kappa shape index (κ1) is 11.5. The van der Waals surface area contributed by atoms with E-state index in [2.05, 4.69) is 6.92 Å². The summed E-state index contributed by atoms with van der Waals surface area (Å²) in [6.07, 6.45) is 3.14. The van der Waals surface area contributed by atoms with E-state index in [-0.39, 0.29) is 18.1 Å². The Morgan fingerprint density at radius 3 is 2.43 bits per heavy atom. The molecule has 1 fully saturated rings. The molecule has 0 aromatic heterocycles. The fourth-order valence-electron chi connectivity index (χ4n) is 1.87. The van der Waals surface area contributed by atoms with Gasteiger partial charge in [-0.25, -0.2) is 0 Å². The summed E-state index contributed by atoms with van der Waals surface area (Å²) in [6.45, 7) is 7.67. The zero-order valence-corrected chi connectivity index (χ0v) is 9.45. The predicted molar refractivity (Wildman–Crippen MR) is 56.1 cm³/mol. The molecule has 0 bridgehead atoms. The summed E-state index contributed by atoms with van der Waals surface area (Å²) in [5.41, 5.74) is 0. The van der Waals surface area contributed by atoms with E-state index in [9.17, 15) is 4.79 Å². The summed E-state index contributed by atoms with van der Waals surface area (Å²) in [6, 6.07) is 0. The van der Waals surface area contributed by atoms with Crippen LogP contribution in [0.3, 0.4) is 0 Å². The van der Waals surface area contributed by atoms with Crippen molar-refractivity contribution in [2.75, 3.05) is 13.1 Å². The summed E-state index contributed by atoms with van der Waals surface area (Å²) in [7, 11) is 0. The molecule has 1 aliphatic heterocycles. The summed E-state index contributed by atoms with van der Waals surface area (Å²) in [4.78, 5) is 13.7. The molecule has 0 aromatic rings. The van der Waals surface area contributed by atoms with Gasteiger partial charge >= 0.3 is 0 Å². The first-order chi connectivity index (χ1) is 6.63. The number of carbonyl (C=O) groups excluding carboxylic acids is 1. The lowest BCUT2D eigenvalue weighted by Crippen LogP contribution is -2.48. The highest BCUT2D eigenvalue weighted by atomic mass is 16.5. The van der Waals surface area contributed by atoms with E-state index in [1.807, 2.05) is 18.7 Å². The molecule has 3 heteroatoms. The number of amides is 1. The molecular formula is C11H21NO2. The molecule has 0 unspecified atom stereocenters. The fourth-order valence-corrected chi connectivity index (χ4v) is 1.87. The highest BCUT2D eigenvalue weighted by molar-refractivity contribution is 5.76. The maximum absolute atomic E-state index is 11.7. The molecule has 1 amide bonds. The number of morpholine rings is 1. The third-order valence-electron chi connectivity index (χ3n) is 2.52. The van der Waals surface area contributed by atoms with Crippen LogP contribution >= 0.6 is 0 Å². The first-order valence-electron chi connectivity index (χ1n) is 5.56. The number of unbranched alkanes of at least 4 members (excludes halogenated alkanes) is 1. The Labute approximate surface area is 86.4 Å². The van der Waals surface area contributed by atoms with E-state index < -0.39 is 0 Å². The summed E-state index contributed by atoms with van der Waals surface area (Å²) < 4.78 is 5.58. The van der Waals surface area contributed by atoms with Gasteiger partial charge in [-0.2, -0.15) is 0 Å². The van der Waals surface area contributed by atoms with Crippen molar-refractivity contribution >= 4 is 5.91 Å². The van der Waals surface area contributed by atoms with Gasteiger partial charge in [-0.05, 0) is 20.3 Å². The van der Waals surface area contributed by atoms with Crippen molar-refractivity contribution in [3.8, 4) is 0 Å². The Balaban J connectivity index is 2.38. The van der Waals surface area contributed by atoms with Gasteiger partial charge in [0.25, 0.3) is 0 Å². The van der Waals surface area contributed by atoms with E-state index in [1.165, 1.54) is 0 Å². The SMILES string of the molecule is CCCCC(=O)N1C[C@@H](C)O[C@@H](C)C1. The highest BCUT2D eigenvalue weighted by Gasteiger charge is 2.24. The molecule has 0 saturated carbocycles. The molecular weight excluding hydrogens is 178 g/mol. The largest absolute Gasteiger partial charge is 0.372 e. The van der Waals surface area contributed by atoms with Crippen molar-refractivity contribution < 1.29 is 9.53 Å². The molecule has 1 rings (SSSR count). The van der Waals surface area contributed by atoms with Crippen molar-refractivity contribution in [2.45, 2.75) is 52.2 Å². The number of hydrogen-bond acceptors (Lipinski definition) is 2. The lowest BCUT2D eigenvalue weighted by atomic mass is 10.2. The molecule has 0 N–H and O–H groups in total. The van der Waals surface area contributed by atoms with Crippen LogP contribution in [0.5, 0.6) is 0 Å². The number of hydrogen-bond donors (Lipinski definition) is 0. The van der Waals surface area contributed by atoms with E-state index in [0.717, 1.165) is 25.9 Å². The normalized spacial score (nSPS) is 27.8. The minimum absolute atomic E-state index is 0.185. The minimum Gasteiger partial charge on any atom is -0.372 e. The van der Waals surface area contributed by atoms with E-state index in [0.29, 0.717) is 6.42 Å². The molecule has 82 valence electrons. The quantitative estimate of drug-likeness (QED) is 0.694. The second-order valence-electron chi connectivity index (χ2n) is 4.16. The van der Waals surface area contributed by atoms with Crippen LogP contribution in [0, 0.1) is 0 Å². The second-order valence-corrected chi connectivity index (χ2v) is 4.16. The zero-order valence-electron chi connectivity index (χ0n) is 9.45. The third-order valence-corrected chi connectivity index (χ3v) is 2.52. The van der Waals surface area contributed by atoms with Crippen LogP contribution in [-0.4, -0.2) is 36.1 Å². The number of carbonyl (C=O) groups is 1. The van der Waals surface area contributed by atoms with Gasteiger partial charge in [0.05, 0.1) is 12.2 Å². The molecule has 0 spiro atoms. The Bertz CT molecular complexity index is 184. The number of ether oxygens (including phenoxy) is 1. The van der Waals surface area contributed by atoms with Crippen molar-refractivity contribution in [2.24, 2.45) is 0 Å². The van der Waals surface area contributed by atoms with Crippen LogP contribution in [0.1, 0.15) is 40.0 Å². The summed E-state index contributed by atoms with van der Waals surface area (Å²) >= 11 is 0. The van der Waals surface area contributed by atoms with Crippen molar-refractivity contribution in [3.63, 3.8) is 0 Å². The fraction of sp³-hybridized carbons (Fsp3) is 0.909. The van der Waals surface area contributed by atoms with Crippen LogP contribution in [0.4, 0.5) is 0 Å². The molecule has 2 atom stereocenters. The van der Waals surface area contributed by atoms with Crippen LogP contribution in [-0.2, 0) is 9.53 Å². The smallest absolute Gasteiger partial charge is 0.222 e. The predicted octanol–water partition coefficient (Wildman–Crippen LogP) is 1.81. The van der Waals surface area contributed by atoms with Crippen LogP contribution < -0.4 is 0 Å². The van der Waals surface area contributed by atoms with Gasteiger partial charge in [-0.15, -0.1) is 0 Å². The topological polar surface area (TPSA) is 29.5 Å². The maximum atomic E-state index is 11.7. The van der Waals surface area contributed by atoms with Crippen molar-refractivity contribution in [3.05, 3.63) is 0 Å². The van der Waals surface area contributed by atoms with Gasteiger partial charge < -0.3 is 9.64 Å². The average Bonchev–Trinajstić information content (AvgIpc) is 2.12. The van der Waals surface area contributed by atoms with Gasteiger partial charge in [-0.3, -0.25) is 4.79 Å². The van der Waals surface area contributed by atoms with Gasteiger partial charge in [-0.1, -0.05) is 13.3 Å². The summed E-state index contributed by atoms with van der Waals surface area (Å²) in [5.74, 6) is 0.286. The molecule has 0 aromatic carbocycles. The zero-order chi connectivity index (χ0) is 10.6. The third kappa shape index (κ3) is 3.29. The molecule has 1 heterocycles. The minimum atomic E-state index is 0.185. The monoisotopic (exact) mass is 199 g/mol. The lowest BCUT2D eigenvalue weighted by Gasteiger charge is -2.35. The van der Waals surface area contributed by atoms with E-state index >= 15 is 0 Å². The lowest BCUT2D eigenvalue weighted by molar-refractivity contribution is -0.143. The first-order valence-corrected chi connectivity index (χ1v) is 5.56. The van der Waals surface area contributed by atoms with Gasteiger partial charge in [0.2, 0.25) is 5.91 Å². The van der Waals surface area contributed by atoms with E-state index in [4.69, 9.17) is 4.74 Å². The van der Waals surface area contributed by atoms with Crippen LogP contribution in [0.2, 0.25) is 0 Å². The van der Waals surface area contributed by atoms with Crippen LogP contribution in [0.15, 0.2) is 0 Å². The Morgan fingerprint density at radius 2 is 1.93 bits per heavy atom. The molecule has 0 aliphatic carbocycles. The molecule has 0 radical (unpaired) electrons. The molecule has 14 heavy (non-hydrogen) atoms. The van der Waals surface area contributed by atoms with Crippen LogP contribution in [0.25, 0.3) is 0 Å². The van der Waals surface area contributed by atoms with Gasteiger partial charge in [0.15, 0.2) is 0 Å². The Kier molecular flexibility index (Phi) is 4.39. The summed E-state index contributed by atoms with van der Waals surface area (Å²) in [5, 5.41) is 0. The molecule has 3 nitrogen and oxygen atoms in total. The molecule has 1 saturated heterocycles. The van der Waals surface area contributed by atoms with Crippen molar-refractivity contribution in [1.29, 1.82) is 0 Å². The standard InChI is InChI=1S/C11H21NO2/c1-4-5-6-11(13)12-7-9(2)14-10(3)8-12/h9-10H,4-8H2,1-3H3/t9-,10+. The maximum Gasteiger partial charge on any atom is 0.222 e. The van der Waals surface area contributed by atoms with Gasteiger partial charge in [0, 0.05) is 19.5 Å². The average molecular weight is 199 g/mol. The highest BCUT2D eigenvalue weighted by Crippen LogP contribution is 2.12. The second kappa shape index (κ2) is 5.35. The number of nitrogens with zero attached hydrogens (tertiary/aromatic N) is 1. The van der Waals surface area contributed by atoms with E-state index in [1.54, 1.807) is 0 Å². The Hall–Kier alpha value is -0.570. The molecule has 1 aliphatic rings. The number of rotatable bonds is 3.